The Kier molecular flexibility index (Phi) is 22.5. The van der Waals surface area contributed by atoms with Crippen LogP contribution < -0.4 is 31.8 Å². The topological polar surface area (TPSA) is 224 Å². The van der Waals surface area contributed by atoms with Crippen LogP contribution in [0.25, 0.3) is 11.0 Å². The fraction of sp³-hybridized carbons (Fsp3) is 0.394. The van der Waals surface area contributed by atoms with Gasteiger partial charge >= 0.3 is 13.6 Å². The van der Waals surface area contributed by atoms with Gasteiger partial charge in [-0.3, -0.25) is 33.1 Å². The molecule has 17 nitrogen and oxygen atoms in total. The summed E-state index contributed by atoms with van der Waals surface area (Å²) in [7, 11) is -3.83. The molecule has 18 heteroatoms. The maximum absolute atomic E-state index is 14.7. The van der Waals surface area contributed by atoms with Gasteiger partial charge in [0.15, 0.2) is 5.43 Å². The summed E-state index contributed by atoms with van der Waals surface area (Å²) >= 11 is 0. The lowest BCUT2D eigenvalue weighted by Gasteiger charge is -2.35. The first-order chi connectivity index (χ1) is 39.7. The predicted molar refractivity (Wildman–Crippen MR) is 330 cm³/mol. The maximum Gasteiger partial charge on any atom is 0.407 e. The number of terminal acetylenes is 1. The number of hydrogen-bond donors (Lipinski definition) is 5. The monoisotopic (exact) mass is 1160 g/mol. The largest absolute Gasteiger partial charge is 0.458 e. The molecular weight excluding hydrogens is 1080 g/mol. The number of rotatable bonds is 26. The minimum absolute atomic E-state index is 0.0796. The zero-order valence-electron chi connectivity index (χ0n) is 50.3. The van der Waals surface area contributed by atoms with Gasteiger partial charge in [-0.2, -0.15) is 0 Å². The molecule has 4 atom stereocenters. The SMILES string of the molecule is C#CP(=O)(Nc1ccc(C(=O)NC(C(=O)N[C@@H](C)C(=O)Nc2ccc(COC(=O)NCCCN(C(=O)c3ccc(C)cc3)C(c3oc4cc(CC)ccc4c(=O)c3Cc3ccccc3)C(C)C)cc2)C(C)C)cc1)OC(C)(C)COC(C)(C)C. The first-order valence-electron chi connectivity index (χ1n) is 28.4. The fourth-order valence-electron chi connectivity index (χ4n) is 9.17. The molecule has 0 spiro atoms. The van der Waals surface area contributed by atoms with E-state index in [-0.39, 0.29) is 55.0 Å². The summed E-state index contributed by atoms with van der Waals surface area (Å²) in [6.07, 6.45) is 6.37. The number of anilines is 2. The van der Waals surface area contributed by atoms with Crippen molar-refractivity contribution in [2.45, 2.75) is 138 Å². The number of nitrogens with one attached hydrogen (secondary N) is 5. The summed E-state index contributed by atoms with van der Waals surface area (Å²) in [6, 6.07) is 32.7. The van der Waals surface area contributed by atoms with Crippen molar-refractivity contribution in [2.75, 3.05) is 30.1 Å². The van der Waals surface area contributed by atoms with E-state index < -0.39 is 60.7 Å². The standard InChI is InChI=1S/C66H81N6O11P/c1-14-46-26-35-53-55(39-46)82-59(54(58(53)73)38-47-20-17-16-18-21-47)57(43(5)6)72(63(77)50-27-22-44(7)23-28-50)37-19-36-67-64(78)80-40-48-24-31-51(32-25-48)69-60(74)45(8)68-62(76)56(42(3)4)70-61(75)49-29-33-52(34-30-49)71-84(79,15-2)83-66(12,13)41-81-65(9,10)11/h2,16-18,20-35,39,42-43,45,56-57H,14,19,36-38,40-41H2,1,3-13H3,(H,67,78)(H,68,76)(H,69,74)(H,70,75)(H,71,79)/t45-,56?,57?,84?/m0/s1. The number of fused-ring (bicyclic) bond motifs is 1. The van der Waals surface area contributed by atoms with Gasteiger partial charge in [0.25, 0.3) is 11.8 Å². The van der Waals surface area contributed by atoms with Crippen molar-refractivity contribution in [3.8, 4) is 12.1 Å². The number of carbonyl (C=O) groups is 5. The van der Waals surface area contributed by atoms with Gasteiger partial charge in [-0.15, -0.1) is 6.42 Å². The maximum atomic E-state index is 14.7. The average molecular weight is 1170 g/mol. The van der Waals surface area contributed by atoms with Crippen LogP contribution >= 0.6 is 7.52 Å². The van der Waals surface area contributed by atoms with E-state index in [1.807, 2.05) is 109 Å². The van der Waals surface area contributed by atoms with Crippen molar-refractivity contribution >= 4 is 59.6 Å². The lowest BCUT2D eigenvalue weighted by atomic mass is 9.91. The van der Waals surface area contributed by atoms with Gasteiger partial charge < -0.3 is 45.1 Å². The van der Waals surface area contributed by atoms with E-state index in [2.05, 4.69) is 32.0 Å². The van der Waals surface area contributed by atoms with Crippen LogP contribution in [0.2, 0.25) is 0 Å². The van der Waals surface area contributed by atoms with E-state index in [1.54, 1.807) is 69.0 Å². The Morgan fingerprint density at radius 2 is 1.38 bits per heavy atom. The molecule has 3 unspecified atom stereocenters. The van der Waals surface area contributed by atoms with E-state index in [4.69, 9.17) is 24.8 Å². The van der Waals surface area contributed by atoms with Crippen LogP contribution in [0.1, 0.15) is 143 Å². The Labute approximate surface area is 493 Å². The molecule has 0 saturated heterocycles. The lowest BCUT2D eigenvalue weighted by Crippen LogP contribution is -2.53. The van der Waals surface area contributed by atoms with Gasteiger partial charge in [0, 0.05) is 53.2 Å². The fourth-order valence-corrected chi connectivity index (χ4v) is 10.6. The summed E-state index contributed by atoms with van der Waals surface area (Å²) in [5, 5.41) is 14.3. The highest BCUT2D eigenvalue weighted by Crippen LogP contribution is 2.49. The van der Waals surface area contributed by atoms with E-state index in [9.17, 15) is 33.3 Å². The number of hydrogen-bond acceptors (Lipinski definition) is 11. The molecule has 84 heavy (non-hydrogen) atoms. The smallest absolute Gasteiger partial charge is 0.407 e. The molecule has 0 bridgehead atoms. The molecule has 446 valence electrons. The number of aryl methyl sites for hydroxylation is 2. The van der Waals surface area contributed by atoms with Crippen molar-refractivity contribution in [1.82, 2.24) is 20.9 Å². The van der Waals surface area contributed by atoms with Gasteiger partial charge in [-0.25, -0.2) is 4.79 Å². The third-order valence-electron chi connectivity index (χ3n) is 13.8. The van der Waals surface area contributed by atoms with E-state index in [0.717, 1.165) is 23.1 Å². The molecule has 6 rings (SSSR count). The van der Waals surface area contributed by atoms with Crippen LogP contribution in [0.4, 0.5) is 16.2 Å². The number of carbonyl (C=O) groups excluding carboxylic acids is 5. The van der Waals surface area contributed by atoms with Gasteiger partial charge in [0.2, 0.25) is 11.8 Å². The van der Waals surface area contributed by atoms with Gasteiger partial charge in [-0.1, -0.05) is 101 Å². The van der Waals surface area contributed by atoms with Crippen LogP contribution in [-0.2, 0) is 47.6 Å². The number of nitrogens with zero attached hydrogens (tertiary/aromatic N) is 1. The first kappa shape index (κ1) is 65.1. The molecule has 0 fully saturated rings. The Morgan fingerprint density at radius 3 is 1.99 bits per heavy atom. The van der Waals surface area contributed by atoms with Crippen LogP contribution in [-0.4, -0.2) is 77.6 Å². The molecule has 0 aliphatic rings. The molecule has 0 aliphatic carbocycles. The van der Waals surface area contributed by atoms with Crippen molar-refractivity contribution < 1.29 is 47.0 Å². The highest BCUT2D eigenvalue weighted by atomic mass is 31.2. The quantitative estimate of drug-likeness (QED) is 0.0194. The van der Waals surface area contributed by atoms with Crippen LogP contribution in [0, 0.1) is 30.8 Å². The van der Waals surface area contributed by atoms with E-state index >= 15 is 0 Å². The minimum atomic E-state index is -3.83. The van der Waals surface area contributed by atoms with Gasteiger partial charge in [-0.05, 0) is 150 Å². The number of benzene rings is 5. The third kappa shape index (κ3) is 18.5. The second-order valence-corrected chi connectivity index (χ2v) is 25.0. The number of amides is 5. The Hall–Kier alpha value is -8.03. The van der Waals surface area contributed by atoms with Gasteiger partial charge in [0.05, 0.1) is 29.2 Å². The summed E-state index contributed by atoms with van der Waals surface area (Å²) in [5.74, 6) is -2.00. The zero-order chi connectivity index (χ0) is 61.5. The molecular formula is C66H81N6O11P. The molecule has 0 radical (unpaired) electrons. The van der Waals surface area contributed by atoms with Crippen molar-refractivity contribution in [2.24, 2.45) is 11.8 Å². The van der Waals surface area contributed by atoms with E-state index in [1.165, 1.54) is 31.2 Å². The summed E-state index contributed by atoms with van der Waals surface area (Å²) in [5.41, 5.74) is 6.65. The number of alkyl carbamates (subject to hydrolysis) is 1. The molecule has 0 saturated carbocycles. The zero-order valence-corrected chi connectivity index (χ0v) is 51.2. The summed E-state index contributed by atoms with van der Waals surface area (Å²) in [6.45, 7) is 22.6. The van der Waals surface area contributed by atoms with E-state index in [0.29, 0.717) is 57.6 Å². The van der Waals surface area contributed by atoms with Crippen LogP contribution in [0.15, 0.2) is 131 Å². The molecule has 5 aromatic carbocycles. The Balaban J connectivity index is 1.02. The second kappa shape index (κ2) is 29.0. The second-order valence-electron chi connectivity index (χ2n) is 23.3. The van der Waals surface area contributed by atoms with Crippen LogP contribution in [0.3, 0.4) is 0 Å². The molecule has 1 heterocycles. The van der Waals surface area contributed by atoms with Crippen molar-refractivity contribution in [1.29, 1.82) is 0 Å². The first-order valence-corrected chi connectivity index (χ1v) is 30.0. The molecule has 0 aliphatic heterocycles. The molecule has 5 amide bonds. The summed E-state index contributed by atoms with van der Waals surface area (Å²) < 4.78 is 37.5. The van der Waals surface area contributed by atoms with Crippen LogP contribution in [0.5, 0.6) is 0 Å². The molecule has 1 aromatic heterocycles. The van der Waals surface area contributed by atoms with Crippen molar-refractivity contribution in [3.05, 3.63) is 176 Å². The predicted octanol–water partition coefficient (Wildman–Crippen LogP) is 12.1. The molecule has 5 N–H and O–H groups in total. The lowest BCUT2D eigenvalue weighted by molar-refractivity contribution is -0.128. The van der Waals surface area contributed by atoms with Gasteiger partial charge in [0.1, 0.15) is 30.0 Å². The number of ether oxygens (including phenoxy) is 2. The average Bonchev–Trinajstić information content (AvgIpc) is 1.56. The Bertz CT molecular complexity index is 3400. The Morgan fingerprint density at radius 1 is 0.750 bits per heavy atom. The summed E-state index contributed by atoms with van der Waals surface area (Å²) in [4.78, 5) is 84.2. The molecule has 6 aromatic rings. The minimum Gasteiger partial charge on any atom is -0.458 e. The highest BCUT2D eigenvalue weighted by Gasteiger charge is 2.36. The van der Waals surface area contributed by atoms with Crippen molar-refractivity contribution in [3.63, 3.8) is 0 Å². The highest BCUT2D eigenvalue weighted by molar-refractivity contribution is 7.65. The third-order valence-corrected chi connectivity index (χ3v) is 15.4. The normalized spacial score (nSPS) is 13.4.